The maximum atomic E-state index is 13.5. The number of aromatic amines is 1. The molecule has 0 amide bonds. The summed E-state index contributed by atoms with van der Waals surface area (Å²) >= 11 is 0. The van der Waals surface area contributed by atoms with Crippen LogP contribution in [0.5, 0.6) is 0 Å². The van der Waals surface area contributed by atoms with Gasteiger partial charge < -0.3 is 15.0 Å². The molecule has 2 atom stereocenters. The van der Waals surface area contributed by atoms with E-state index in [-0.39, 0.29) is 6.54 Å². The van der Waals surface area contributed by atoms with E-state index in [0.717, 1.165) is 0 Å². The second-order valence-electron chi connectivity index (χ2n) is 4.91. The number of alkyl halides is 1. The van der Waals surface area contributed by atoms with Gasteiger partial charge >= 0.3 is 0 Å². The zero-order valence-corrected chi connectivity index (χ0v) is 10.8. The summed E-state index contributed by atoms with van der Waals surface area (Å²) in [5, 5.41) is 10.3. The lowest BCUT2D eigenvalue weighted by Gasteiger charge is -2.23. The van der Waals surface area contributed by atoms with Gasteiger partial charge in [-0.25, -0.2) is 13.8 Å². The van der Waals surface area contributed by atoms with Crippen molar-refractivity contribution < 1.29 is 13.9 Å². The molecule has 1 aromatic heterocycles. The summed E-state index contributed by atoms with van der Waals surface area (Å²) in [7, 11) is 0. The van der Waals surface area contributed by atoms with E-state index in [1.165, 1.54) is 24.4 Å². The third-order valence-electron chi connectivity index (χ3n) is 3.54. The Hall–Kier alpha value is -1.95. The Balaban J connectivity index is 1.98. The first-order valence-corrected chi connectivity index (χ1v) is 6.51. The molecule has 1 aliphatic heterocycles. The first-order chi connectivity index (χ1) is 9.65. The van der Waals surface area contributed by atoms with Crippen molar-refractivity contribution >= 4 is 5.69 Å². The Morgan fingerprint density at radius 1 is 1.45 bits per heavy atom. The monoisotopic (exact) mass is 279 g/mol. The molecule has 106 valence electrons. The molecule has 0 aliphatic carbocycles. The molecule has 1 aromatic carbocycles. The van der Waals surface area contributed by atoms with Gasteiger partial charge in [0.05, 0.1) is 0 Å². The van der Waals surface area contributed by atoms with Crippen molar-refractivity contribution in [3.63, 3.8) is 0 Å². The number of hydrogen-bond acceptors (Lipinski definition) is 3. The molecule has 0 spiro atoms. The smallest absolute Gasteiger partial charge is 0.139 e. The average molecular weight is 279 g/mol. The van der Waals surface area contributed by atoms with E-state index in [2.05, 4.69) is 9.97 Å². The lowest BCUT2D eigenvalue weighted by atomic mass is 10.1. The van der Waals surface area contributed by atoms with Crippen molar-refractivity contribution in [1.82, 2.24) is 9.97 Å². The van der Waals surface area contributed by atoms with Crippen LogP contribution in [0.3, 0.4) is 0 Å². The fraction of sp³-hybridized carbons (Fsp3) is 0.357. The molecule has 2 N–H and O–H groups in total. The van der Waals surface area contributed by atoms with Gasteiger partial charge in [0.25, 0.3) is 0 Å². The van der Waals surface area contributed by atoms with Crippen molar-refractivity contribution in [2.45, 2.75) is 18.7 Å². The minimum absolute atomic E-state index is 0.224. The van der Waals surface area contributed by atoms with Crippen LogP contribution in [0.25, 0.3) is 0 Å². The number of aromatic nitrogens is 2. The molecule has 0 saturated carbocycles. The number of anilines is 1. The molecule has 3 rings (SSSR count). The number of nitrogens with one attached hydrogen (secondary N) is 1. The first kappa shape index (κ1) is 13.1. The Labute approximate surface area is 115 Å². The number of aliphatic hydroxyl groups excluding tert-OH is 1. The van der Waals surface area contributed by atoms with Gasteiger partial charge in [0, 0.05) is 36.7 Å². The number of imidazole rings is 1. The van der Waals surface area contributed by atoms with Crippen LogP contribution in [-0.2, 0) is 0 Å². The van der Waals surface area contributed by atoms with Crippen molar-refractivity contribution in [2.24, 2.45) is 0 Å². The van der Waals surface area contributed by atoms with Gasteiger partial charge in [0.15, 0.2) is 0 Å². The molecule has 2 heterocycles. The lowest BCUT2D eigenvalue weighted by Crippen LogP contribution is -2.22. The summed E-state index contributed by atoms with van der Waals surface area (Å²) < 4.78 is 26.8. The standard InChI is InChI=1S/C14H15F2N3O/c15-9-1-2-11(13(20)14-17-4-5-18-14)12(7-9)19-6-3-10(16)8-19/h1-2,4-5,7,10,13,20H,3,6,8H2,(H,17,18). The van der Waals surface area contributed by atoms with Gasteiger partial charge in [-0.2, -0.15) is 0 Å². The van der Waals surface area contributed by atoms with Gasteiger partial charge in [0.2, 0.25) is 0 Å². The van der Waals surface area contributed by atoms with Crippen LogP contribution in [0, 0.1) is 5.82 Å². The quantitative estimate of drug-likeness (QED) is 0.905. The molecule has 6 heteroatoms. The van der Waals surface area contributed by atoms with Gasteiger partial charge in [-0.05, 0) is 18.6 Å². The second-order valence-corrected chi connectivity index (χ2v) is 4.91. The van der Waals surface area contributed by atoms with Crippen LogP contribution >= 0.6 is 0 Å². The molecule has 1 saturated heterocycles. The molecule has 20 heavy (non-hydrogen) atoms. The van der Waals surface area contributed by atoms with E-state index in [0.29, 0.717) is 30.0 Å². The SMILES string of the molecule is OC(c1ncc[nH]1)c1ccc(F)cc1N1CCC(F)C1. The fourth-order valence-electron chi connectivity index (χ4n) is 2.53. The maximum absolute atomic E-state index is 13.5. The van der Waals surface area contributed by atoms with Crippen molar-refractivity contribution in [2.75, 3.05) is 18.0 Å². The summed E-state index contributed by atoms with van der Waals surface area (Å²) in [6.45, 7) is 0.740. The van der Waals surface area contributed by atoms with E-state index in [1.807, 2.05) is 0 Å². The van der Waals surface area contributed by atoms with Gasteiger partial charge in [0.1, 0.15) is 23.9 Å². The highest BCUT2D eigenvalue weighted by Crippen LogP contribution is 2.32. The number of benzene rings is 1. The normalized spacial score (nSPS) is 20.4. The molecule has 2 unspecified atom stereocenters. The number of aliphatic hydroxyl groups is 1. The number of H-pyrrole nitrogens is 1. The van der Waals surface area contributed by atoms with Gasteiger partial charge in [-0.3, -0.25) is 0 Å². The Morgan fingerprint density at radius 3 is 2.95 bits per heavy atom. The van der Waals surface area contributed by atoms with Crippen molar-refractivity contribution in [3.8, 4) is 0 Å². The third kappa shape index (κ3) is 2.38. The lowest BCUT2D eigenvalue weighted by molar-refractivity contribution is 0.211. The largest absolute Gasteiger partial charge is 0.380 e. The molecule has 1 aliphatic rings. The summed E-state index contributed by atoms with van der Waals surface area (Å²) in [6, 6.07) is 4.14. The predicted octanol–water partition coefficient (Wildman–Crippen LogP) is 2.18. The number of nitrogens with zero attached hydrogens (tertiary/aromatic N) is 2. The maximum Gasteiger partial charge on any atom is 0.139 e. The minimum Gasteiger partial charge on any atom is -0.380 e. The predicted molar refractivity (Wildman–Crippen MR) is 70.8 cm³/mol. The number of rotatable bonds is 3. The third-order valence-corrected chi connectivity index (χ3v) is 3.54. The van der Waals surface area contributed by atoms with E-state index in [4.69, 9.17) is 0 Å². The Bertz CT molecular complexity index is 588. The molecular weight excluding hydrogens is 264 g/mol. The highest BCUT2D eigenvalue weighted by atomic mass is 19.1. The first-order valence-electron chi connectivity index (χ1n) is 6.51. The van der Waals surface area contributed by atoms with Gasteiger partial charge in [-0.1, -0.05) is 6.07 Å². The highest BCUT2D eigenvalue weighted by Gasteiger charge is 2.26. The fourth-order valence-corrected chi connectivity index (χ4v) is 2.53. The zero-order valence-electron chi connectivity index (χ0n) is 10.8. The Kier molecular flexibility index (Phi) is 3.40. The molecule has 1 fully saturated rings. The zero-order chi connectivity index (χ0) is 14.1. The van der Waals surface area contributed by atoms with E-state index in [9.17, 15) is 13.9 Å². The molecular formula is C14H15F2N3O. The molecule has 2 aromatic rings. The molecule has 0 radical (unpaired) electrons. The average Bonchev–Trinajstić information content (AvgIpc) is 3.09. The van der Waals surface area contributed by atoms with Crippen molar-refractivity contribution in [1.29, 1.82) is 0 Å². The number of halogens is 2. The minimum atomic E-state index is -0.987. The summed E-state index contributed by atoms with van der Waals surface area (Å²) in [5.41, 5.74) is 1.05. The summed E-state index contributed by atoms with van der Waals surface area (Å²) in [6.07, 6.45) is 1.67. The summed E-state index contributed by atoms with van der Waals surface area (Å²) in [4.78, 5) is 8.59. The van der Waals surface area contributed by atoms with Crippen LogP contribution in [0.2, 0.25) is 0 Å². The van der Waals surface area contributed by atoms with E-state index in [1.54, 1.807) is 11.1 Å². The topological polar surface area (TPSA) is 52.2 Å². The van der Waals surface area contributed by atoms with Crippen LogP contribution in [-0.4, -0.2) is 34.3 Å². The molecule has 4 nitrogen and oxygen atoms in total. The van der Waals surface area contributed by atoms with Crippen LogP contribution in [0.4, 0.5) is 14.5 Å². The van der Waals surface area contributed by atoms with Gasteiger partial charge in [-0.15, -0.1) is 0 Å². The Morgan fingerprint density at radius 2 is 2.30 bits per heavy atom. The van der Waals surface area contributed by atoms with Crippen molar-refractivity contribution in [3.05, 3.63) is 47.8 Å². The van der Waals surface area contributed by atoms with E-state index < -0.39 is 18.1 Å². The summed E-state index contributed by atoms with van der Waals surface area (Å²) in [5.74, 6) is -0.0217. The van der Waals surface area contributed by atoms with E-state index >= 15 is 0 Å². The van der Waals surface area contributed by atoms with Crippen LogP contribution in [0.15, 0.2) is 30.6 Å². The molecule has 0 bridgehead atoms. The second kappa shape index (κ2) is 5.20. The van der Waals surface area contributed by atoms with Crippen LogP contribution < -0.4 is 4.90 Å². The highest BCUT2D eigenvalue weighted by molar-refractivity contribution is 5.56. The number of hydrogen-bond donors (Lipinski definition) is 2. The van der Waals surface area contributed by atoms with Crippen LogP contribution in [0.1, 0.15) is 23.9 Å².